The molecule has 0 aromatic heterocycles. The predicted molar refractivity (Wildman–Crippen MR) is 34.7 cm³/mol. The molecule has 0 aliphatic carbocycles. The van der Waals surface area contributed by atoms with E-state index in [0.29, 0.717) is 0 Å². The molecule has 1 atom stereocenters. The Hall–Kier alpha value is -0.590. The standard InChI is InChI=1S/C3H7NO3.HO3P/c4-2(1-5)3(6)7;1-4(2)3/h2,5H,1,4H2,(H,6,7);(H-,1,2,3)/p+1/t2-;/m0./s1. The first-order valence-electron chi connectivity index (χ1n) is 2.36. The zero-order valence-electron chi connectivity index (χ0n) is 5.41. The Labute approximate surface area is 63.0 Å². The average Bonchev–Trinajstić information content (AvgIpc) is 1.85. The van der Waals surface area contributed by atoms with Crippen molar-refractivity contribution in [2.45, 2.75) is 6.04 Å². The van der Waals surface area contributed by atoms with Gasteiger partial charge in [-0.05, 0) is 0 Å². The Morgan fingerprint density at radius 2 is 1.82 bits per heavy atom. The first kappa shape index (κ1) is 13.0. The molecule has 0 rings (SSSR count). The molecule has 0 fully saturated rings. The van der Waals surface area contributed by atoms with E-state index in [1.54, 1.807) is 0 Å². The minimum Gasteiger partial charge on any atom is -0.480 e. The van der Waals surface area contributed by atoms with Crippen molar-refractivity contribution in [3.8, 4) is 0 Å². The minimum absolute atomic E-state index is 0.505. The number of rotatable bonds is 2. The summed E-state index contributed by atoms with van der Waals surface area (Å²) in [6.45, 7) is -0.505. The van der Waals surface area contributed by atoms with Gasteiger partial charge in [0.05, 0.1) is 6.61 Å². The second-order valence-corrected chi connectivity index (χ2v) is 1.89. The van der Waals surface area contributed by atoms with Crippen LogP contribution in [-0.2, 0) is 9.36 Å². The third-order valence-corrected chi connectivity index (χ3v) is 0.514. The van der Waals surface area contributed by atoms with Gasteiger partial charge in [-0.25, -0.2) is 0 Å². The van der Waals surface area contributed by atoms with Crippen LogP contribution in [0.5, 0.6) is 0 Å². The molecule has 0 aliphatic rings. The molecule has 0 amide bonds. The van der Waals surface area contributed by atoms with Crippen molar-refractivity contribution in [3.05, 3.63) is 0 Å². The predicted octanol–water partition coefficient (Wildman–Crippen LogP) is -1.98. The van der Waals surface area contributed by atoms with Gasteiger partial charge in [0.25, 0.3) is 0 Å². The van der Waals surface area contributed by atoms with E-state index in [-0.39, 0.29) is 0 Å². The molecule has 6 N–H and O–H groups in total. The van der Waals surface area contributed by atoms with Crippen LogP contribution in [0.3, 0.4) is 0 Å². The molecular formula is C3H9NO6P+. The lowest BCUT2D eigenvalue weighted by atomic mass is 10.3. The maximum Gasteiger partial charge on any atom is 0.692 e. The number of nitrogens with two attached hydrogens (primary N) is 1. The van der Waals surface area contributed by atoms with Crippen LogP contribution < -0.4 is 5.73 Å². The second-order valence-electron chi connectivity index (χ2n) is 1.38. The number of carbonyl (C=O) groups is 1. The largest absolute Gasteiger partial charge is 0.692 e. The highest BCUT2D eigenvalue weighted by Gasteiger charge is 2.06. The summed E-state index contributed by atoms with van der Waals surface area (Å²) in [6, 6.07) is -1.13. The fraction of sp³-hybridized carbons (Fsp3) is 0.667. The summed E-state index contributed by atoms with van der Waals surface area (Å²) in [5, 5.41) is 15.9. The van der Waals surface area contributed by atoms with Gasteiger partial charge in [-0.15, -0.1) is 9.79 Å². The van der Waals surface area contributed by atoms with Crippen LogP contribution in [-0.4, -0.2) is 38.6 Å². The first-order chi connectivity index (χ1) is 4.91. The van der Waals surface area contributed by atoms with Crippen LogP contribution in [0, 0.1) is 0 Å². The summed E-state index contributed by atoms with van der Waals surface area (Å²) in [7, 11) is -2.87. The topological polar surface area (TPSA) is 141 Å². The number of hydrogen-bond donors (Lipinski definition) is 5. The Balaban J connectivity index is 0. The number of carboxylic acids is 1. The van der Waals surface area contributed by atoms with Crippen molar-refractivity contribution in [1.29, 1.82) is 0 Å². The van der Waals surface area contributed by atoms with Crippen LogP contribution in [0.2, 0.25) is 0 Å². The van der Waals surface area contributed by atoms with Crippen LogP contribution >= 0.6 is 8.25 Å². The fourth-order valence-corrected chi connectivity index (χ4v) is 0.0781. The molecule has 0 heterocycles. The number of aliphatic carboxylic acids is 1. The molecule has 0 radical (unpaired) electrons. The molecule has 8 heteroatoms. The van der Waals surface area contributed by atoms with Gasteiger partial charge in [-0.1, -0.05) is 0 Å². The lowest BCUT2D eigenvalue weighted by Crippen LogP contribution is -2.33. The summed E-state index contributed by atoms with van der Waals surface area (Å²) < 4.78 is 8.70. The molecule has 0 aromatic rings. The monoisotopic (exact) mass is 186 g/mol. The molecule has 0 saturated heterocycles. The van der Waals surface area contributed by atoms with Gasteiger partial charge in [-0.2, -0.15) is 0 Å². The molecule has 0 bridgehead atoms. The van der Waals surface area contributed by atoms with E-state index >= 15 is 0 Å². The maximum absolute atomic E-state index is 9.65. The van der Waals surface area contributed by atoms with E-state index in [0.717, 1.165) is 0 Å². The SMILES string of the molecule is N[C@@H](CO)C(=O)O.O=[P+](O)O. The Morgan fingerprint density at radius 1 is 1.55 bits per heavy atom. The molecule has 11 heavy (non-hydrogen) atoms. The molecular weight excluding hydrogens is 177 g/mol. The minimum atomic E-state index is -2.87. The smallest absolute Gasteiger partial charge is 0.480 e. The Kier molecular flexibility index (Phi) is 8.91. The van der Waals surface area contributed by atoms with Gasteiger partial charge < -0.3 is 15.9 Å². The molecule has 7 nitrogen and oxygen atoms in total. The highest BCUT2D eigenvalue weighted by molar-refractivity contribution is 7.30. The van der Waals surface area contributed by atoms with Gasteiger partial charge in [0.1, 0.15) is 6.04 Å². The van der Waals surface area contributed by atoms with E-state index in [2.05, 4.69) is 0 Å². The Morgan fingerprint density at radius 3 is 1.82 bits per heavy atom. The van der Waals surface area contributed by atoms with Gasteiger partial charge in [0.15, 0.2) is 0 Å². The molecule has 0 spiro atoms. The summed E-state index contributed by atoms with van der Waals surface area (Å²) in [5.74, 6) is -1.18. The van der Waals surface area contributed by atoms with Gasteiger partial charge in [0, 0.05) is 4.57 Å². The molecule has 0 unspecified atom stereocenters. The number of aliphatic hydroxyl groups excluding tert-OH is 1. The lowest BCUT2D eigenvalue weighted by Gasteiger charge is -1.96. The van der Waals surface area contributed by atoms with E-state index in [4.69, 9.17) is 30.3 Å². The van der Waals surface area contributed by atoms with Crippen molar-refractivity contribution in [3.63, 3.8) is 0 Å². The second kappa shape index (κ2) is 7.52. The normalized spacial score (nSPS) is 10.9. The third-order valence-electron chi connectivity index (χ3n) is 0.514. The van der Waals surface area contributed by atoms with Crippen molar-refractivity contribution in [2.75, 3.05) is 6.61 Å². The molecule has 0 aliphatic heterocycles. The van der Waals surface area contributed by atoms with Gasteiger partial charge >= 0.3 is 14.2 Å². The van der Waals surface area contributed by atoms with E-state index in [1.807, 2.05) is 0 Å². The first-order valence-corrected chi connectivity index (χ1v) is 3.52. The van der Waals surface area contributed by atoms with Crippen molar-refractivity contribution >= 4 is 14.2 Å². The van der Waals surface area contributed by atoms with E-state index in [9.17, 15) is 4.79 Å². The van der Waals surface area contributed by atoms with Gasteiger partial charge in [-0.3, -0.25) is 4.79 Å². The molecule has 0 saturated carbocycles. The summed E-state index contributed by atoms with van der Waals surface area (Å²) in [5.41, 5.74) is 4.77. The van der Waals surface area contributed by atoms with E-state index < -0.39 is 26.9 Å². The van der Waals surface area contributed by atoms with Crippen LogP contribution in [0.1, 0.15) is 0 Å². The average molecular weight is 186 g/mol. The van der Waals surface area contributed by atoms with Gasteiger partial charge in [0.2, 0.25) is 0 Å². The molecule has 66 valence electrons. The summed E-state index contributed by atoms with van der Waals surface area (Å²) >= 11 is 0. The van der Waals surface area contributed by atoms with Crippen molar-refractivity contribution in [1.82, 2.24) is 0 Å². The number of hydrogen-bond acceptors (Lipinski definition) is 4. The Bertz CT molecular complexity index is 134. The van der Waals surface area contributed by atoms with Crippen LogP contribution in [0.4, 0.5) is 0 Å². The highest BCUT2D eigenvalue weighted by Crippen LogP contribution is 1.98. The van der Waals surface area contributed by atoms with Crippen LogP contribution in [0.25, 0.3) is 0 Å². The maximum atomic E-state index is 9.65. The highest BCUT2D eigenvalue weighted by atomic mass is 31.1. The third kappa shape index (κ3) is 17.7. The van der Waals surface area contributed by atoms with E-state index in [1.165, 1.54) is 0 Å². The molecule has 0 aromatic carbocycles. The zero-order valence-corrected chi connectivity index (χ0v) is 6.31. The van der Waals surface area contributed by atoms with Crippen LogP contribution in [0.15, 0.2) is 0 Å². The summed E-state index contributed by atoms with van der Waals surface area (Å²) in [4.78, 5) is 23.9. The lowest BCUT2D eigenvalue weighted by molar-refractivity contribution is -0.139. The quantitative estimate of drug-likeness (QED) is 0.314. The number of carboxylic acid groups (broad SMARTS) is 1. The van der Waals surface area contributed by atoms with Crippen molar-refractivity contribution in [2.24, 2.45) is 5.73 Å². The zero-order chi connectivity index (χ0) is 9.44. The summed E-state index contributed by atoms with van der Waals surface area (Å²) in [6.07, 6.45) is 0. The number of aliphatic hydroxyl groups is 1. The fourth-order valence-electron chi connectivity index (χ4n) is 0.0781. The van der Waals surface area contributed by atoms with Crippen molar-refractivity contribution < 1.29 is 29.4 Å².